The summed E-state index contributed by atoms with van der Waals surface area (Å²) in [5.74, 6) is -0.874. The minimum absolute atomic E-state index is 0.0829. The minimum atomic E-state index is -1.69. The molecule has 23 heavy (non-hydrogen) atoms. The van der Waals surface area contributed by atoms with Crippen molar-refractivity contribution in [2.45, 2.75) is 76.8 Å². The van der Waals surface area contributed by atoms with Crippen LogP contribution in [0.25, 0.3) is 0 Å². The largest absolute Gasteiger partial charge is 0.479 e. The fourth-order valence-electron chi connectivity index (χ4n) is 4.66. The number of rotatable bonds is 3. The highest BCUT2D eigenvalue weighted by molar-refractivity contribution is 5.73. The molecule has 0 spiro atoms. The number of aliphatic hydroxyl groups excluding tert-OH is 3. The van der Waals surface area contributed by atoms with E-state index in [2.05, 4.69) is 20.8 Å². The molecule has 2 aliphatic carbocycles. The topological polar surface area (TPSA) is 116 Å². The van der Waals surface area contributed by atoms with Crippen molar-refractivity contribution < 1.29 is 34.7 Å². The Hall–Kier alpha value is -0.730. The van der Waals surface area contributed by atoms with Crippen LogP contribution in [0.3, 0.4) is 0 Å². The smallest absolute Gasteiger partial charge is 0.335 e. The minimum Gasteiger partial charge on any atom is -0.479 e. The van der Waals surface area contributed by atoms with E-state index >= 15 is 0 Å². The number of aliphatic hydroxyl groups is 3. The SMILES string of the molecule is CC1(C)C2CCC1(C)C(OC1O[C@H](C(=O)O)[C@@H](O)[C@H](O)[C@H]1O)C2. The third-order valence-corrected chi connectivity index (χ3v) is 6.83. The van der Waals surface area contributed by atoms with E-state index in [1.807, 2.05) is 0 Å². The Labute approximate surface area is 135 Å². The van der Waals surface area contributed by atoms with E-state index in [-0.39, 0.29) is 16.9 Å². The maximum absolute atomic E-state index is 11.2. The van der Waals surface area contributed by atoms with Gasteiger partial charge in [-0.2, -0.15) is 0 Å². The normalized spacial score (nSPS) is 51.8. The predicted molar refractivity (Wildman–Crippen MR) is 78.4 cm³/mol. The summed E-state index contributed by atoms with van der Waals surface area (Å²) in [6.45, 7) is 6.58. The van der Waals surface area contributed by atoms with Gasteiger partial charge in [0.2, 0.25) is 0 Å². The molecule has 0 aromatic rings. The van der Waals surface area contributed by atoms with Crippen molar-refractivity contribution in [2.75, 3.05) is 0 Å². The van der Waals surface area contributed by atoms with E-state index < -0.39 is 36.7 Å². The summed E-state index contributed by atoms with van der Waals surface area (Å²) in [6, 6.07) is 0. The summed E-state index contributed by atoms with van der Waals surface area (Å²) in [5.41, 5.74) is 0.0160. The Morgan fingerprint density at radius 3 is 2.26 bits per heavy atom. The zero-order chi connectivity index (χ0) is 17.2. The van der Waals surface area contributed by atoms with E-state index in [0.717, 1.165) is 19.3 Å². The van der Waals surface area contributed by atoms with Crippen molar-refractivity contribution in [2.24, 2.45) is 16.7 Å². The Bertz CT molecular complexity index is 493. The van der Waals surface area contributed by atoms with Crippen LogP contribution in [0, 0.1) is 16.7 Å². The van der Waals surface area contributed by atoms with Crippen LogP contribution >= 0.6 is 0 Å². The molecule has 1 saturated heterocycles. The second-order valence-electron chi connectivity index (χ2n) is 7.97. The van der Waals surface area contributed by atoms with Crippen molar-refractivity contribution in [3.05, 3.63) is 0 Å². The van der Waals surface area contributed by atoms with Crippen LogP contribution in [0.15, 0.2) is 0 Å². The highest BCUT2D eigenvalue weighted by Gasteiger charge is 2.63. The number of carboxylic acids is 1. The lowest BCUT2D eigenvalue weighted by Gasteiger charge is -2.44. The van der Waals surface area contributed by atoms with Gasteiger partial charge in [0.15, 0.2) is 12.4 Å². The first-order chi connectivity index (χ1) is 10.6. The van der Waals surface area contributed by atoms with Crippen LogP contribution < -0.4 is 0 Å². The fourth-order valence-corrected chi connectivity index (χ4v) is 4.66. The third-order valence-electron chi connectivity index (χ3n) is 6.83. The van der Waals surface area contributed by atoms with Crippen LogP contribution in [0.4, 0.5) is 0 Å². The molecular weight excluding hydrogens is 304 g/mol. The van der Waals surface area contributed by atoms with Crippen molar-refractivity contribution in [3.63, 3.8) is 0 Å². The highest BCUT2D eigenvalue weighted by Crippen LogP contribution is 2.66. The van der Waals surface area contributed by atoms with Gasteiger partial charge in [-0.3, -0.25) is 0 Å². The summed E-state index contributed by atoms with van der Waals surface area (Å²) in [5, 5.41) is 38.8. The lowest BCUT2D eigenvalue weighted by atomic mass is 9.70. The maximum Gasteiger partial charge on any atom is 0.335 e. The molecule has 2 bridgehead atoms. The molecule has 4 N–H and O–H groups in total. The number of aliphatic carboxylic acids is 1. The number of fused-ring (bicyclic) bond motifs is 2. The van der Waals surface area contributed by atoms with E-state index in [1.165, 1.54) is 0 Å². The summed E-state index contributed by atoms with van der Waals surface area (Å²) in [4.78, 5) is 11.2. The van der Waals surface area contributed by atoms with Gasteiger partial charge >= 0.3 is 5.97 Å². The lowest BCUT2D eigenvalue weighted by molar-refractivity contribution is -0.312. The molecule has 3 aliphatic rings. The fraction of sp³-hybridized carbons (Fsp3) is 0.938. The lowest BCUT2D eigenvalue weighted by Crippen LogP contribution is -2.61. The molecule has 0 amide bonds. The van der Waals surface area contributed by atoms with Gasteiger partial charge in [0.25, 0.3) is 0 Å². The Morgan fingerprint density at radius 2 is 1.78 bits per heavy atom. The molecule has 3 fully saturated rings. The number of hydrogen-bond acceptors (Lipinski definition) is 6. The van der Waals surface area contributed by atoms with Gasteiger partial charge in [-0.15, -0.1) is 0 Å². The first-order valence-electron chi connectivity index (χ1n) is 8.17. The van der Waals surface area contributed by atoms with Crippen molar-refractivity contribution in [3.8, 4) is 0 Å². The molecule has 1 heterocycles. The zero-order valence-electron chi connectivity index (χ0n) is 13.7. The molecule has 7 heteroatoms. The first kappa shape index (κ1) is 17.1. The Balaban J connectivity index is 1.76. The van der Waals surface area contributed by atoms with Gasteiger partial charge < -0.3 is 29.9 Å². The molecular formula is C16H26O7. The second-order valence-corrected chi connectivity index (χ2v) is 7.97. The van der Waals surface area contributed by atoms with E-state index in [4.69, 9.17) is 14.6 Å². The monoisotopic (exact) mass is 330 g/mol. The van der Waals surface area contributed by atoms with Crippen molar-refractivity contribution >= 4 is 5.97 Å². The van der Waals surface area contributed by atoms with E-state index in [0.29, 0.717) is 5.92 Å². The summed E-state index contributed by atoms with van der Waals surface area (Å²) in [7, 11) is 0. The van der Waals surface area contributed by atoms with Gasteiger partial charge in [-0.05, 0) is 36.0 Å². The molecule has 8 atom stereocenters. The average Bonchev–Trinajstić information content (AvgIpc) is 2.80. The predicted octanol–water partition coefficient (Wildman–Crippen LogP) is 0.110. The van der Waals surface area contributed by atoms with Gasteiger partial charge in [-0.1, -0.05) is 20.8 Å². The molecule has 1 aliphatic heterocycles. The molecule has 0 radical (unpaired) electrons. The van der Waals surface area contributed by atoms with Crippen LogP contribution in [-0.2, 0) is 14.3 Å². The average molecular weight is 330 g/mol. The van der Waals surface area contributed by atoms with E-state index in [1.54, 1.807) is 0 Å². The summed E-state index contributed by atoms with van der Waals surface area (Å²) < 4.78 is 11.2. The highest BCUT2D eigenvalue weighted by atomic mass is 16.7. The molecule has 3 rings (SSSR count). The molecule has 7 nitrogen and oxygen atoms in total. The summed E-state index contributed by atoms with van der Waals surface area (Å²) >= 11 is 0. The van der Waals surface area contributed by atoms with Gasteiger partial charge in [-0.25, -0.2) is 4.79 Å². The van der Waals surface area contributed by atoms with Crippen molar-refractivity contribution in [1.82, 2.24) is 0 Å². The van der Waals surface area contributed by atoms with Gasteiger partial charge in [0.1, 0.15) is 18.3 Å². The summed E-state index contributed by atoms with van der Waals surface area (Å²) in [6.07, 6.45) is -4.86. The molecule has 0 aromatic heterocycles. The van der Waals surface area contributed by atoms with Crippen LogP contribution in [-0.4, -0.2) is 63.2 Å². The quantitative estimate of drug-likeness (QED) is 0.580. The molecule has 132 valence electrons. The molecule has 0 aromatic carbocycles. The maximum atomic E-state index is 11.2. The second kappa shape index (κ2) is 5.39. The third kappa shape index (κ3) is 2.33. The van der Waals surface area contributed by atoms with Gasteiger partial charge in [0.05, 0.1) is 6.10 Å². The molecule has 2 saturated carbocycles. The van der Waals surface area contributed by atoms with Crippen LogP contribution in [0.1, 0.15) is 40.0 Å². The number of ether oxygens (including phenoxy) is 2. The standard InChI is InChI=1S/C16H26O7/c1-15(2)7-4-5-16(15,3)8(6-7)22-14-11(19)9(17)10(18)12(23-14)13(20)21/h7-12,14,17-19H,4-6H2,1-3H3,(H,20,21)/t7?,8?,9-,10-,11+,12-,14?,16?/m0/s1. The first-order valence-corrected chi connectivity index (χ1v) is 8.17. The molecule has 4 unspecified atom stereocenters. The number of carboxylic acid groups (broad SMARTS) is 1. The number of hydrogen-bond donors (Lipinski definition) is 4. The van der Waals surface area contributed by atoms with E-state index in [9.17, 15) is 20.1 Å². The number of carbonyl (C=O) groups is 1. The Morgan fingerprint density at radius 1 is 1.13 bits per heavy atom. The zero-order valence-corrected chi connectivity index (χ0v) is 13.7. The van der Waals surface area contributed by atoms with Crippen LogP contribution in [0.2, 0.25) is 0 Å². The van der Waals surface area contributed by atoms with Crippen LogP contribution in [0.5, 0.6) is 0 Å². The van der Waals surface area contributed by atoms with Crippen molar-refractivity contribution in [1.29, 1.82) is 0 Å². The Kier molecular flexibility index (Phi) is 4.01. The van der Waals surface area contributed by atoms with Gasteiger partial charge in [0, 0.05) is 0 Å².